The van der Waals surface area contributed by atoms with Crippen LogP contribution in [0.1, 0.15) is 49.9 Å². The Bertz CT molecular complexity index is 461. The summed E-state index contributed by atoms with van der Waals surface area (Å²) in [4.78, 5) is 16.7. The summed E-state index contributed by atoms with van der Waals surface area (Å²) >= 11 is 0. The Morgan fingerprint density at radius 1 is 1.58 bits per heavy atom. The first kappa shape index (κ1) is 14.0. The molecule has 4 heteroatoms. The summed E-state index contributed by atoms with van der Waals surface area (Å²) in [6, 6.07) is 1.72. The van der Waals surface area contributed by atoms with Crippen molar-refractivity contribution in [1.82, 2.24) is 4.98 Å². The Hall–Kier alpha value is -1.42. The number of nitrogens with two attached hydrogens (primary N) is 1. The van der Waals surface area contributed by atoms with Gasteiger partial charge in [0, 0.05) is 23.2 Å². The van der Waals surface area contributed by atoms with Crippen molar-refractivity contribution in [2.75, 3.05) is 6.61 Å². The lowest BCUT2D eigenvalue weighted by Crippen LogP contribution is -2.41. The highest BCUT2D eigenvalue weighted by Gasteiger charge is 2.43. The smallest absolute Gasteiger partial charge is 0.171 e. The molecular weight excluding hydrogens is 240 g/mol. The molecule has 1 heterocycles. The van der Waals surface area contributed by atoms with Crippen molar-refractivity contribution in [1.29, 1.82) is 0 Å². The molecule has 2 unspecified atom stereocenters. The zero-order valence-corrected chi connectivity index (χ0v) is 11.7. The van der Waals surface area contributed by atoms with Crippen molar-refractivity contribution in [2.45, 2.75) is 45.6 Å². The van der Waals surface area contributed by atoms with Crippen molar-refractivity contribution in [3.63, 3.8) is 0 Å². The van der Waals surface area contributed by atoms with Crippen molar-refractivity contribution in [3.05, 3.63) is 24.0 Å². The van der Waals surface area contributed by atoms with Gasteiger partial charge in [-0.15, -0.1) is 0 Å². The summed E-state index contributed by atoms with van der Waals surface area (Å²) in [6.45, 7) is 4.64. The molecule has 0 aliphatic heterocycles. The Kier molecular flexibility index (Phi) is 4.20. The standard InChI is InChI=1S/C15H22N2O2/c1-3-7-19-12-8-11(9-17-10-12)14(18)15(2)6-4-5-13(15)16/h8-10,13H,3-7,16H2,1-2H3. The van der Waals surface area contributed by atoms with Crippen molar-refractivity contribution in [2.24, 2.45) is 11.1 Å². The Morgan fingerprint density at radius 2 is 2.37 bits per heavy atom. The number of Topliss-reactive ketones (excluding diaryl/α,β-unsaturated/α-hetero) is 1. The third kappa shape index (κ3) is 2.78. The summed E-state index contributed by atoms with van der Waals surface area (Å²) in [5.74, 6) is 0.745. The van der Waals surface area contributed by atoms with Crippen LogP contribution >= 0.6 is 0 Å². The van der Waals surface area contributed by atoms with Crippen LogP contribution in [0.5, 0.6) is 5.75 Å². The van der Waals surface area contributed by atoms with Crippen molar-refractivity contribution >= 4 is 5.78 Å². The third-order valence-electron chi connectivity index (χ3n) is 4.00. The van der Waals surface area contributed by atoms with Crippen LogP contribution in [0.2, 0.25) is 0 Å². The molecule has 104 valence electrons. The number of ketones is 1. The fourth-order valence-electron chi connectivity index (χ4n) is 2.65. The Labute approximate surface area is 114 Å². The average Bonchev–Trinajstić information content (AvgIpc) is 2.77. The lowest BCUT2D eigenvalue weighted by Gasteiger charge is -2.27. The lowest BCUT2D eigenvalue weighted by atomic mass is 9.78. The second-order valence-electron chi connectivity index (χ2n) is 5.50. The molecule has 0 amide bonds. The number of carbonyl (C=O) groups is 1. The van der Waals surface area contributed by atoms with E-state index < -0.39 is 5.41 Å². The van der Waals surface area contributed by atoms with Gasteiger partial charge in [-0.05, 0) is 25.3 Å². The molecule has 0 aromatic carbocycles. The van der Waals surface area contributed by atoms with E-state index in [1.807, 2.05) is 13.8 Å². The van der Waals surface area contributed by atoms with Gasteiger partial charge in [0.15, 0.2) is 5.78 Å². The quantitative estimate of drug-likeness (QED) is 0.828. The highest BCUT2D eigenvalue weighted by molar-refractivity contribution is 6.01. The van der Waals surface area contributed by atoms with Gasteiger partial charge in [0.05, 0.1) is 12.8 Å². The molecule has 1 fully saturated rings. The summed E-state index contributed by atoms with van der Waals surface area (Å²) in [5, 5.41) is 0. The maximum Gasteiger partial charge on any atom is 0.171 e. The van der Waals surface area contributed by atoms with E-state index in [-0.39, 0.29) is 11.8 Å². The molecule has 1 aliphatic rings. The first-order chi connectivity index (χ1) is 9.08. The minimum Gasteiger partial charge on any atom is -0.492 e. The van der Waals surface area contributed by atoms with Crippen LogP contribution in [-0.2, 0) is 0 Å². The fraction of sp³-hybridized carbons (Fsp3) is 0.600. The molecule has 1 saturated carbocycles. The number of aromatic nitrogens is 1. The molecule has 0 radical (unpaired) electrons. The van der Waals surface area contributed by atoms with Gasteiger partial charge in [0.1, 0.15) is 5.75 Å². The predicted octanol–water partition coefficient (Wildman–Crippen LogP) is 2.57. The molecule has 0 saturated heterocycles. The van der Waals surface area contributed by atoms with E-state index in [4.69, 9.17) is 10.5 Å². The minimum atomic E-state index is -0.453. The molecule has 0 bridgehead atoms. The molecule has 4 nitrogen and oxygen atoms in total. The van der Waals surface area contributed by atoms with Gasteiger partial charge in [-0.3, -0.25) is 9.78 Å². The SMILES string of the molecule is CCCOc1cncc(C(=O)C2(C)CCCC2N)c1. The maximum atomic E-state index is 12.6. The average molecular weight is 262 g/mol. The summed E-state index contributed by atoms with van der Waals surface area (Å²) in [5.41, 5.74) is 6.25. The molecule has 0 spiro atoms. The van der Waals surface area contributed by atoms with Crippen LogP contribution in [0.15, 0.2) is 18.5 Å². The van der Waals surface area contributed by atoms with Crippen LogP contribution in [-0.4, -0.2) is 23.4 Å². The molecule has 2 rings (SSSR count). The zero-order chi connectivity index (χ0) is 13.9. The first-order valence-electron chi connectivity index (χ1n) is 6.96. The van der Waals surface area contributed by atoms with Gasteiger partial charge in [-0.1, -0.05) is 20.3 Å². The third-order valence-corrected chi connectivity index (χ3v) is 4.00. The number of ether oxygens (including phenoxy) is 1. The van der Waals surface area contributed by atoms with Gasteiger partial charge in [0.25, 0.3) is 0 Å². The largest absolute Gasteiger partial charge is 0.492 e. The number of hydrogen-bond donors (Lipinski definition) is 1. The van der Waals surface area contributed by atoms with Gasteiger partial charge in [-0.2, -0.15) is 0 Å². The second kappa shape index (κ2) is 5.70. The van der Waals surface area contributed by atoms with E-state index in [1.165, 1.54) is 0 Å². The van der Waals surface area contributed by atoms with E-state index in [1.54, 1.807) is 18.5 Å². The monoisotopic (exact) mass is 262 g/mol. The maximum absolute atomic E-state index is 12.6. The minimum absolute atomic E-state index is 0.0554. The van der Waals surface area contributed by atoms with E-state index in [0.717, 1.165) is 25.7 Å². The van der Waals surface area contributed by atoms with Crippen LogP contribution in [0.25, 0.3) is 0 Å². The molecule has 1 aliphatic carbocycles. The van der Waals surface area contributed by atoms with E-state index in [9.17, 15) is 4.79 Å². The van der Waals surface area contributed by atoms with Crippen LogP contribution < -0.4 is 10.5 Å². The summed E-state index contributed by atoms with van der Waals surface area (Å²) < 4.78 is 5.52. The lowest BCUT2D eigenvalue weighted by molar-refractivity contribution is 0.0801. The molecule has 19 heavy (non-hydrogen) atoms. The zero-order valence-electron chi connectivity index (χ0n) is 11.7. The van der Waals surface area contributed by atoms with Crippen LogP contribution in [0, 0.1) is 5.41 Å². The Balaban J connectivity index is 2.19. The summed E-state index contributed by atoms with van der Waals surface area (Å²) in [7, 11) is 0. The van der Waals surface area contributed by atoms with Crippen LogP contribution in [0.3, 0.4) is 0 Å². The number of nitrogens with zero attached hydrogens (tertiary/aromatic N) is 1. The summed E-state index contributed by atoms with van der Waals surface area (Å²) in [6.07, 6.45) is 6.97. The first-order valence-corrected chi connectivity index (χ1v) is 6.96. The molecule has 2 N–H and O–H groups in total. The molecular formula is C15H22N2O2. The van der Waals surface area contributed by atoms with Gasteiger partial charge < -0.3 is 10.5 Å². The highest BCUT2D eigenvalue weighted by Crippen LogP contribution is 2.39. The van der Waals surface area contributed by atoms with E-state index >= 15 is 0 Å². The Morgan fingerprint density at radius 3 is 3.00 bits per heavy atom. The number of hydrogen-bond acceptors (Lipinski definition) is 4. The number of pyridine rings is 1. The number of rotatable bonds is 5. The number of carbonyl (C=O) groups excluding carboxylic acids is 1. The fourth-order valence-corrected chi connectivity index (χ4v) is 2.65. The van der Waals surface area contributed by atoms with Crippen molar-refractivity contribution in [3.8, 4) is 5.75 Å². The molecule has 2 atom stereocenters. The van der Waals surface area contributed by atoms with Crippen LogP contribution in [0.4, 0.5) is 0 Å². The molecule has 1 aromatic heterocycles. The van der Waals surface area contributed by atoms with Gasteiger partial charge >= 0.3 is 0 Å². The van der Waals surface area contributed by atoms with E-state index in [0.29, 0.717) is 17.9 Å². The molecule has 1 aromatic rings. The second-order valence-corrected chi connectivity index (χ2v) is 5.50. The topological polar surface area (TPSA) is 65.2 Å². The van der Waals surface area contributed by atoms with Gasteiger partial charge in [-0.25, -0.2) is 0 Å². The predicted molar refractivity (Wildman–Crippen MR) is 74.3 cm³/mol. The normalized spacial score (nSPS) is 26.4. The van der Waals surface area contributed by atoms with E-state index in [2.05, 4.69) is 4.98 Å². The highest BCUT2D eigenvalue weighted by atomic mass is 16.5. The van der Waals surface area contributed by atoms with Gasteiger partial charge in [0.2, 0.25) is 0 Å². The van der Waals surface area contributed by atoms with Crippen molar-refractivity contribution < 1.29 is 9.53 Å².